The number of carbonyl (C=O) groups excluding carboxylic acids is 2. The fourth-order valence-corrected chi connectivity index (χ4v) is 4.11. The van der Waals surface area contributed by atoms with Crippen LogP contribution in [0, 0.1) is 0 Å². The van der Waals surface area contributed by atoms with Crippen LogP contribution in [0.25, 0.3) is 0 Å². The highest BCUT2D eigenvalue weighted by atomic mass is 35.5. The Labute approximate surface area is 197 Å². The maximum Gasteiger partial charge on any atom is 0.337 e. The van der Waals surface area contributed by atoms with Crippen molar-refractivity contribution in [1.29, 1.82) is 0 Å². The monoisotopic (exact) mass is 464 g/mol. The van der Waals surface area contributed by atoms with Crippen LogP contribution in [-0.4, -0.2) is 25.7 Å². The first kappa shape index (κ1) is 26.0. The van der Waals surface area contributed by atoms with Crippen molar-refractivity contribution in [2.45, 2.75) is 84.1 Å². The quantitative estimate of drug-likeness (QED) is 0.245. The van der Waals surface area contributed by atoms with Crippen molar-refractivity contribution in [3.8, 4) is 5.75 Å². The third-order valence-corrected chi connectivity index (χ3v) is 5.97. The Kier molecular flexibility index (Phi) is 11.4. The van der Waals surface area contributed by atoms with E-state index in [9.17, 15) is 9.59 Å². The molecule has 0 bridgehead atoms. The van der Waals surface area contributed by atoms with Crippen LogP contribution in [0.15, 0.2) is 29.5 Å². The number of methoxy groups -OCH3 is 1. The second-order valence-electron chi connectivity index (χ2n) is 8.17. The average Bonchev–Trinajstić information content (AvgIpc) is 2.78. The van der Waals surface area contributed by atoms with Crippen LogP contribution in [0.2, 0.25) is 5.02 Å². The molecule has 1 atom stereocenters. The summed E-state index contributed by atoms with van der Waals surface area (Å²) in [7, 11) is 1.34. The second-order valence-corrected chi connectivity index (χ2v) is 8.58. The number of carbonyl (C=O) groups is 2. The first-order chi connectivity index (χ1) is 15.5. The van der Waals surface area contributed by atoms with Gasteiger partial charge in [0.15, 0.2) is 0 Å². The Bertz CT molecular complexity index is 794. The number of unbranched alkanes of at least 4 members (excludes halogenated alkanes) is 7. The lowest BCUT2D eigenvalue weighted by molar-refractivity contribution is -0.136. The van der Waals surface area contributed by atoms with Gasteiger partial charge in [0, 0.05) is 10.7 Å². The molecule has 7 heteroatoms. The molecule has 1 aromatic rings. The van der Waals surface area contributed by atoms with Gasteiger partial charge in [-0.05, 0) is 37.0 Å². The van der Waals surface area contributed by atoms with Crippen molar-refractivity contribution < 1.29 is 19.1 Å². The SMILES string of the molecule is CCCCCCCCCOc1ccc(C2NC(=O)NC(CCCC)=C2C(=O)OC)c(Cl)c1. The molecule has 0 spiro atoms. The molecule has 0 aromatic heterocycles. The third-order valence-electron chi connectivity index (χ3n) is 5.64. The Hall–Kier alpha value is -2.21. The minimum atomic E-state index is -0.673. The van der Waals surface area contributed by atoms with Gasteiger partial charge >= 0.3 is 12.0 Å². The van der Waals surface area contributed by atoms with Crippen LogP contribution < -0.4 is 15.4 Å². The summed E-state index contributed by atoms with van der Waals surface area (Å²) in [4.78, 5) is 24.8. The fourth-order valence-electron chi connectivity index (χ4n) is 3.83. The molecule has 1 aliphatic heterocycles. The fraction of sp³-hybridized carbons (Fsp3) is 0.600. The van der Waals surface area contributed by atoms with E-state index in [1.54, 1.807) is 12.1 Å². The van der Waals surface area contributed by atoms with E-state index in [1.807, 2.05) is 6.07 Å². The smallest absolute Gasteiger partial charge is 0.337 e. The Balaban J connectivity index is 2.06. The maximum atomic E-state index is 12.6. The van der Waals surface area contributed by atoms with E-state index in [0.29, 0.717) is 40.6 Å². The van der Waals surface area contributed by atoms with Crippen LogP contribution in [-0.2, 0) is 9.53 Å². The van der Waals surface area contributed by atoms with Crippen molar-refractivity contribution in [1.82, 2.24) is 10.6 Å². The number of benzene rings is 1. The molecule has 1 aliphatic rings. The van der Waals surface area contributed by atoms with Gasteiger partial charge in [0.1, 0.15) is 5.75 Å². The standard InChI is InChI=1S/C25H37ClN2O4/c1-4-6-8-9-10-11-12-16-32-18-14-15-19(20(26)17-18)23-22(24(29)31-3)21(13-7-5-2)27-25(30)28-23/h14-15,17,23H,4-13,16H2,1-3H3,(H2,27,28,30). The molecule has 1 aromatic carbocycles. The molecule has 2 amide bonds. The topological polar surface area (TPSA) is 76.7 Å². The highest BCUT2D eigenvalue weighted by Crippen LogP contribution is 2.35. The molecule has 2 N–H and O–H groups in total. The second kappa shape index (κ2) is 14.0. The van der Waals surface area contributed by atoms with Gasteiger partial charge in [-0.1, -0.05) is 76.5 Å². The average molecular weight is 465 g/mol. The highest BCUT2D eigenvalue weighted by molar-refractivity contribution is 6.31. The van der Waals surface area contributed by atoms with E-state index in [1.165, 1.54) is 39.2 Å². The maximum absolute atomic E-state index is 12.6. The molecule has 1 unspecified atom stereocenters. The summed E-state index contributed by atoms with van der Waals surface area (Å²) in [6.07, 6.45) is 10.9. The van der Waals surface area contributed by atoms with Crippen molar-refractivity contribution in [2.75, 3.05) is 13.7 Å². The van der Waals surface area contributed by atoms with Crippen molar-refractivity contribution in [3.63, 3.8) is 0 Å². The Morgan fingerprint density at radius 3 is 2.38 bits per heavy atom. The van der Waals surface area contributed by atoms with Gasteiger partial charge in [-0.15, -0.1) is 0 Å². The number of allylic oxidation sites excluding steroid dienone is 1. The number of hydrogen-bond donors (Lipinski definition) is 2. The number of ether oxygens (including phenoxy) is 2. The molecular formula is C25H37ClN2O4. The van der Waals surface area contributed by atoms with Gasteiger partial charge in [-0.25, -0.2) is 9.59 Å². The van der Waals surface area contributed by atoms with Gasteiger partial charge in [-0.3, -0.25) is 0 Å². The molecule has 0 radical (unpaired) electrons. The minimum Gasteiger partial charge on any atom is -0.494 e. The summed E-state index contributed by atoms with van der Waals surface area (Å²) in [5.41, 5.74) is 1.61. The van der Waals surface area contributed by atoms with Crippen molar-refractivity contribution in [3.05, 3.63) is 40.1 Å². The van der Waals surface area contributed by atoms with Gasteiger partial charge in [-0.2, -0.15) is 0 Å². The number of hydrogen-bond acceptors (Lipinski definition) is 4. The Morgan fingerprint density at radius 2 is 1.72 bits per heavy atom. The van der Waals surface area contributed by atoms with E-state index in [0.717, 1.165) is 25.7 Å². The van der Waals surface area contributed by atoms with Crippen LogP contribution in [0.3, 0.4) is 0 Å². The molecule has 0 fully saturated rings. The van der Waals surface area contributed by atoms with Crippen LogP contribution in [0.4, 0.5) is 4.79 Å². The summed E-state index contributed by atoms with van der Waals surface area (Å²) >= 11 is 6.56. The van der Waals surface area contributed by atoms with Crippen molar-refractivity contribution >= 4 is 23.6 Å². The molecular weight excluding hydrogens is 428 g/mol. The normalized spacial score (nSPS) is 15.9. The summed E-state index contributed by atoms with van der Waals surface area (Å²) < 4.78 is 10.9. The summed E-state index contributed by atoms with van der Waals surface area (Å²) in [6, 6.07) is 4.35. The van der Waals surface area contributed by atoms with Gasteiger partial charge in [0.2, 0.25) is 0 Å². The van der Waals surface area contributed by atoms with E-state index in [-0.39, 0.29) is 6.03 Å². The van der Waals surface area contributed by atoms with E-state index in [2.05, 4.69) is 24.5 Å². The number of nitrogens with one attached hydrogen (secondary N) is 2. The number of urea groups is 1. The van der Waals surface area contributed by atoms with E-state index < -0.39 is 12.0 Å². The van der Waals surface area contributed by atoms with E-state index in [4.69, 9.17) is 21.1 Å². The van der Waals surface area contributed by atoms with Crippen LogP contribution in [0.5, 0.6) is 5.75 Å². The molecule has 0 saturated carbocycles. The molecule has 32 heavy (non-hydrogen) atoms. The zero-order valence-corrected chi connectivity index (χ0v) is 20.4. The molecule has 2 rings (SSSR count). The minimum absolute atomic E-state index is 0.357. The van der Waals surface area contributed by atoms with Crippen LogP contribution >= 0.6 is 11.6 Å². The lowest BCUT2D eigenvalue weighted by Gasteiger charge is -2.29. The van der Waals surface area contributed by atoms with Gasteiger partial charge < -0.3 is 20.1 Å². The highest BCUT2D eigenvalue weighted by Gasteiger charge is 2.34. The predicted molar refractivity (Wildman–Crippen MR) is 128 cm³/mol. The third kappa shape index (κ3) is 7.73. The zero-order chi connectivity index (χ0) is 23.3. The molecule has 0 saturated heterocycles. The first-order valence-electron chi connectivity index (χ1n) is 11.8. The van der Waals surface area contributed by atoms with E-state index >= 15 is 0 Å². The number of esters is 1. The lowest BCUT2D eigenvalue weighted by Crippen LogP contribution is -2.46. The van der Waals surface area contributed by atoms with Crippen molar-refractivity contribution in [2.24, 2.45) is 0 Å². The molecule has 0 aliphatic carbocycles. The molecule has 6 nitrogen and oxygen atoms in total. The summed E-state index contributed by atoms with van der Waals surface area (Å²) in [5.74, 6) is 0.198. The van der Waals surface area contributed by atoms with Gasteiger partial charge in [0.25, 0.3) is 0 Å². The molecule has 178 valence electrons. The summed E-state index contributed by atoms with van der Waals surface area (Å²) in [6.45, 7) is 4.92. The number of rotatable bonds is 14. The van der Waals surface area contributed by atoms with Crippen LogP contribution in [0.1, 0.15) is 89.7 Å². The number of amides is 2. The number of halogens is 1. The van der Waals surface area contributed by atoms with Gasteiger partial charge in [0.05, 0.1) is 25.3 Å². The predicted octanol–water partition coefficient (Wildman–Crippen LogP) is 6.44. The largest absolute Gasteiger partial charge is 0.494 e. The molecule has 1 heterocycles. The first-order valence-corrected chi connectivity index (χ1v) is 12.2. The summed E-state index contributed by atoms with van der Waals surface area (Å²) in [5, 5.41) is 6.01. The Morgan fingerprint density at radius 1 is 1.03 bits per heavy atom. The zero-order valence-electron chi connectivity index (χ0n) is 19.6. The lowest BCUT2D eigenvalue weighted by atomic mass is 9.93.